The molecule has 2 aliphatic rings. The highest BCUT2D eigenvalue weighted by atomic mass is 28.4. The Morgan fingerprint density at radius 3 is 1.76 bits per heavy atom. The summed E-state index contributed by atoms with van der Waals surface area (Å²) in [6, 6.07) is 44.3. The number of ether oxygens (including phenoxy) is 2. The van der Waals surface area contributed by atoms with Gasteiger partial charge in [-0.3, -0.25) is 9.69 Å². The molecule has 68 heavy (non-hydrogen) atoms. The van der Waals surface area contributed by atoms with Crippen LogP contribution in [-0.4, -0.2) is 66.4 Å². The third-order valence-electron chi connectivity index (χ3n) is 13.4. The van der Waals surface area contributed by atoms with Crippen molar-refractivity contribution in [1.82, 2.24) is 25.7 Å². The van der Waals surface area contributed by atoms with Gasteiger partial charge in [0.2, 0.25) is 17.7 Å². The smallest absolute Gasteiger partial charge is 0.411 e. The fourth-order valence-electron chi connectivity index (χ4n) is 9.12. The van der Waals surface area contributed by atoms with Crippen LogP contribution in [0.3, 0.4) is 0 Å². The Morgan fingerprint density at radius 1 is 0.735 bits per heavy atom. The Bertz CT molecular complexity index is 2560. The van der Waals surface area contributed by atoms with Gasteiger partial charge in [0.1, 0.15) is 29.8 Å². The lowest BCUT2D eigenvalue weighted by atomic mass is 9.77. The second kappa shape index (κ2) is 19.6. The van der Waals surface area contributed by atoms with Gasteiger partial charge in [-0.05, 0) is 84.3 Å². The molecule has 2 heterocycles. The van der Waals surface area contributed by atoms with E-state index in [4.69, 9.17) is 18.3 Å². The molecule has 0 spiro atoms. The molecule has 13 heteroatoms. The molecule has 5 aromatic carbocycles. The number of hydrogen-bond acceptors (Lipinski definition) is 9. The first-order valence-electron chi connectivity index (χ1n) is 23.5. The Morgan fingerprint density at radius 2 is 1.25 bits per heavy atom. The Balaban J connectivity index is 1.09. The molecule has 354 valence electrons. The number of alkyl carbamates (subject to hydrolysis) is 1. The predicted molar refractivity (Wildman–Crippen MR) is 264 cm³/mol. The number of nitrogens with zero attached hydrogens (tertiary/aromatic N) is 3. The van der Waals surface area contributed by atoms with Gasteiger partial charge in [-0.1, -0.05) is 160 Å². The number of hydrogen-bond donors (Lipinski definition) is 2. The van der Waals surface area contributed by atoms with Crippen LogP contribution in [0.4, 0.5) is 9.59 Å². The van der Waals surface area contributed by atoms with E-state index in [-0.39, 0.29) is 60.7 Å². The average Bonchev–Trinajstić information content (AvgIpc) is 4.05. The van der Waals surface area contributed by atoms with Crippen LogP contribution in [0, 0.1) is 0 Å². The molecule has 0 bridgehead atoms. The fourth-order valence-corrected chi connectivity index (χ4v) is 10.5. The van der Waals surface area contributed by atoms with Gasteiger partial charge in [-0.25, -0.2) is 9.59 Å². The zero-order valence-electron chi connectivity index (χ0n) is 40.3. The van der Waals surface area contributed by atoms with E-state index in [1.54, 1.807) is 4.90 Å². The Kier molecular flexibility index (Phi) is 13.8. The minimum absolute atomic E-state index is 0.0455. The van der Waals surface area contributed by atoms with Crippen molar-refractivity contribution in [3.63, 3.8) is 0 Å². The van der Waals surface area contributed by atoms with Crippen molar-refractivity contribution >= 4 is 26.4 Å². The SMILES string of the molecule is CC(C)(C)OC(=O)N1C[C@H](O[Si](C)(C)C(C)(C)C)C[C@H]1c1nnc([C@H](CCC(=O)NC(c2ccccc2)(c2ccccc2)c2ccccc2)NC(=O)OCC2c3ccccc3-c3ccccc32)o1. The van der Waals surface area contributed by atoms with Gasteiger partial charge in [0.15, 0.2) is 8.32 Å². The van der Waals surface area contributed by atoms with Gasteiger partial charge in [0, 0.05) is 25.3 Å². The fraction of sp³-hybridized carbons (Fsp3) is 0.364. The predicted octanol–water partition coefficient (Wildman–Crippen LogP) is 11.6. The zero-order chi connectivity index (χ0) is 48.3. The summed E-state index contributed by atoms with van der Waals surface area (Å²) >= 11 is 0. The van der Waals surface area contributed by atoms with E-state index in [0.29, 0.717) is 6.42 Å². The molecule has 8 rings (SSSR count). The van der Waals surface area contributed by atoms with Crippen LogP contribution in [0.1, 0.15) is 118 Å². The van der Waals surface area contributed by atoms with Crippen molar-refractivity contribution < 1.29 is 32.7 Å². The number of aromatic nitrogens is 2. The van der Waals surface area contributed by atoms with E-state index in [2.05, 4.69) is 79.0 Å². The number of rotatable bonds is 14. The number of likely N-dealkylation sites (tertiary alicyclic amines) is 1. The molecule has 1 aliphatic heterocycles. The van der Waals surface area contributed by atoms with Gasteiger partial charge in [0.25, 0.3) is 0 Å². The summed E-state index contributed by atoms with van der Waals surface area (Å²) in [5, 5.41) is 15.3. The van der Waals surface area contributed by atoms with Gasteiger partial charge in [0.05, 0.1) is 6.10 Å². The van der Waals surface area contributed by atoms with Gasteiger partial charge in [-0.2, -0.15) is 0 Å². The standard InChI is InChI=1S/C55H63N5O7Si/c1-53(2,3)66-52(63)60-35-40(67-68(7,8)54(4,5)6)34-47(60)50-59-58-49(65-50)46(56-51(62)64-36-45-43-30-20-18-28-41(43)42-29-19-21-31-44(42)45)32-33-48(61)57-55(37-22-12-9-13-23-37,38-24-14-10-15-25-38)39-26-16-11-17-27-39/h9-31,40,45-47H,32-36H2,1-8H3,(H,56,62)(H,57,61)/t40-,46+,47+/m1/s1. The summed E-state index contributed by atoms with van der Waals surface area (Å²) in [5.41, 5.74) is 5.21. The van der Waals surface area contributed by atoms with Crippen LogP contribution in [-0.2, 0) is 24.2 Å². The highest BCUT2D eigenvalue weighted by Crippen LogP contribution is 2.45. The monoisotopic (exact) mass is 933 g/mol. The van der Waals surface area contributed by atoms with Gasteiger partial charge < -0.3 is 29.0 Å². The van der Waals surface area contributed by atoms with Crippen molar-refractivity contribution in [2.45, 2.75) is 114 Å². The maximum absolute atomic E-state index is 14.6. The van der Waals surface area contributed by atoms with E-state index in [1.807, 2.05) is 136 Å². The maximum atomic E-state index is 14.6. The van der Waals surface area contributed by atoms with Crippen LogP contribution in [0.2, 0.25) is 18.1 Å². The van der Waals surface area contributed by atoms with Crippen molar-refractivity contribution in [2.24, 2.45) is 0 Å². The third-order valence-corrected chi connectivity index (χ3v) is 18.0. The normalized spacial score (nSPS) is 16.7. The van der Waals surface area contributed by atoms with Gasteiger partial charge in [-0.15, -0.1) is 10.2 Å². The van der Waals surface area contributed by atoms with Crippen LogP contribution < -0.4 is 10.6 Å². The van der Waals surface area contributed by atoms with Crippen LogP contribution >= 0.6 is 0 Å². The minimum atomic E-state index is -2.25. The molecule has 6 aromatic rings. The Labute approximate surface area is 400 Å². The van der Waals surface area contributed by atoms with Crippen LogP contribution in [0.15, 0.2) is 144 Å². The van der Waals surface area contributed by atoms with E-state index in [0.717, 1.165) is 38.9 Å². The molecule has 1 aromatic heterocycles. The van der Waals surface area contributed by atoms with Gasteiger partial charge >= 0.3 is 12.2 Å². The molecule has 12 nitrogen and oxygen atoms in total. The first kappa shape index (κ1) is 47.9. The summed E-state index contributed by atoms with van der Waals surface area (Å²) in [7, 11) is -2.25. The first-order chi connectivity index (χ1) is 32.4. The molecule has 3 amide bonds. The molecule has 2 N–H and O–H groups in total. The summed E-state index contributed by atoms with van der Waals surface area (Å²) in [4.78, 5) is 44.1. The van der Waals surface area contributed by atoms with Crippen molar-refractivity contribution in [3.8, 4) is 11.1 Å². The number of nitrogens with one attached hydrogen (secondary N) is 2. The zero-order valence-corrected chi connectivity index (χ0v) is 41.3. The highest BCUT2D eigenvalue weighted by Gasteiger charge is 2.47. The summed E-state index contributed by atoms with van der Waals surface area (Å²) in [6.45, 7) is 16.7. The third kappa shape index (κ3) is 10.3. The van der Waals surface area contributed by atoms with E-state index in [1.165, 1.54) is 0 Å². The molecule has 1 aliphatic carbocycles. The minimum Gasteiger partial charge on any atom is -0.449 e. The van der Waals surface area contributed by atoms with Crippen molar-refractivity contribution in [1.29, 1.82) is 0 Å². The highest BCUT2D eigenvalue weighted by molar-refractivity contribution is 6.74. The quantitative estimate of drug-likeness (QED) is 0.0805. The second-order valence-electron chi connectivity index (χ2n) is 20.3. The number of fused-ring (bicyclic) bond motifs is 3. The maximum Gasteiger partial charge on any atom is 0.411 e. The summed E-state index contributed by atoms with van der Waals surface area (Å²) in [6.07, 6.45) is -1.10. The van der Waals surface area contributed by atoms with Crippen LogP contribution in [0.25, 0.3) is 11.1 Å². The van der Waals surface area contributed by atoms with Crippen molar-refractivity contribution in [3.05, 3.63) is 179 Å². The molecule has 0 radical (unpaired) electrons. The number of amides is 3. The molecular weight excluding hydrogens is 871 g/mol. The first-order valence-corrected chi connectivity index (χ1v) is 26.4. The molecule has 0 unspecified atom stereocenters. The largest absolute Gasteiger partial charge is 0.449 e. The Hall–Kier alpha value is -6.57. The lowest BCUT2D eigenvalue weighted by molar-refractivity contribution is -0.122. The average molecular weight is 934 g/mol. The van der Waals surface area contributed by atoms with E-state index in [9.17, 15) is 14.4 Å². The van der Waals surface area contributed by atoms with Crippen LogP contribution in [0.5, 0.6) is 0 Å². The number of carbonyl (C=O) groups excluding carboxylic acids is 3. The molecule has 1 fully saturated rings. The topological polar surface area (TPSA) is 145 Å². The molecular formula is C55H63N5O7Si. The lowest BCUT2D eigenvalue weighted by Gasteiger charge is -2.38. The van der Waals surface area contributed by atoms with Crippen molar-refractivity contribution in [2.75, 3.05) is 13.2 Å². The lowest BCUT2D eigenvalue weighted by Crippen LogP contribution is -2.48. The van der Waals surface area contributed by atoms with E-state index >= 15 is 0 Å². The molecule has 0 saturated carbocycles. The number of benzene rings is 5. The number of carbonyl (C=O) groups is 3. The molecule has 3 atom stereocenters. The van der Waals surface area contributed by atoms with E-state index < -0.39 is 43.7 Å². The summed E-state index contributed by atoms with van der Waals surface area (Å²) < 4.78 is 25.2. The molecule has 1 saturated heterocycles. The second-order valence-corrected chi connectivity index (χ2v) is 25.1. The summed E-state index contributed by atoms with van der Waals surface area (Å²) in [5.74, 6) is -0.206.